The molecule has 0 saturated carbocycles. The second-order valence-electron chi connectivity index (χ2n) is 7.85. The molecular formula is C23H28N2O3. The lowest BCUT2D eigenvalue weighted by Crippen LogP contribution is -2.47. The number of hydrogen-bond donors (Lipinski definition) is 1. The van der Waals surface area contributed by atoms with Crippen molar-refractivity contribution in [2.75, 3.05) is 26.4 Å². The largest absolute Gasteiger partial charge is 0.381 e. The van der Waals surface area contributed by atoms with Crippen molar-refractivity contribution < 1.29 is 14.3 Å². The summed E-state index contributed by atoms with van der Waals surface area (Å²) in [5, 5.41) is 3.17. The Morgan fingerprint density at radius 1 is 1.11 bits per heavy atom. The van der Waals surface area contributed by atoms with Gasteiger partial charge >= 0.3 is 0 Å². The minimum Gasteiger partial charge on any atom is -0.381 e. The van der Waals surface area contributed by atoms with Crippen molar-refractivity contribution in [1.29, 1.82) is 0 Å². The lowest BCUT2D eigenvalue weighted by molar-refractivity contribution is -0.137. The molecule has 28 heavy (non-hydrogen) atoms. The Morgan fingerprint density at radius 2 is 1.93 bits per heavy atom. The van der Waals surface area contributed by atoms with Gasteiger partial charge in [0.05, 0.1) is 11.5 Å². The van der Waals surface area contributed by atoms with Gasteiger partial charge in [0, 0.05) is 38.8 Å². The fourth-order valence-corrected chi connectivity index (χ4v) is 4.24. The van der Waals surface area contributed by atoms with E-state index in [1.807, 2.05) is 12.1 Å². The number of ether oxygens (including phenoxy) is 2. The molecule has 0 spiro atoms. The fraction of sp³-hybridized carbons (Fsp3) is 0.478. The van der Waals surface area contributed by atoms with Crippen LogP contribution in [0.3, 0.4) is 0 Å². The summed E-state index contributed by atoms with van der Waals surface area (Å²) in [5.41, 5.74) is 3.07. The number of aromatic nitrogens is 1. The van der Waals surface area contributed by atoms with E-state index in [1.165, 1.54) is 5.56 Å². The summed E-state index contributed by atoms with van der Waals surface area (Å²) in [5.74, 6) is 0.139. The highest BCUT2D eigenvalue weighted by atomic mass is 16.5. The highest BCUT2D eigenvalue weighted by molar-refractivity contribution is 5.83. The van der Waals surface area contributed by atoms with Crippen LogP contribution in [0.25, 0.3) is 11.1 Å². The lowest BCUT2D eigenvalue weighted by Gasteiger charge is -2.36. The van der Waals surface area contributed by atoms with Gasteiger partial charge in [-0.2, -0.15) is 0 Å². The molecule has 1 aromatic carbocycles. The summed E-state index contributed by atoms with van der Waals surface area (Å²) in [6.45, 7) is 2.69. The summed E-state index contributed by atoms with van der Waals surface area (Å²) >= 11 is 0. The lowest BCUT2D eigenvalue weighted by atomic mass is 9.74. The third-order valence-electron chi connectivity index (χ3n) is 5.93. The van der Waals surface area contributed by atoms with Gasteiger partial charge in [-0.15, -0.1) is 0 Å². The maximum atomic E-state index is 13.2. The summed E-state index contributed by atoms with van der Waals surface area (Å²) in [7, 11) is 0. The first kappa shape index (κ1) is 19.1. The summed E-state index contributed by atoms with van der Waals surface area (Å²) in [6.07, 6.45) is 8.13. The van der Waals surface area contributed by atoms with Gasteiger partial charge in [-0.3, -0.25) is 9.78 Å². The molecule has 2 aromatic rings. The average molecular weight is 380 g/mol. The quantitative estimate of drug-likeness (QED) is 0.835. The number of nitrogens with zero attached hydrogens (tertiary/aromatic N) is 1. The van der Waals surface area contributed by atoms with Gasteiger partial charge in [0.15, 0.2) is 0 Å². The number of amides is 1. The molecule has 0 aliphatic carbocycles. The second-order valence-corrected chi connectivity index (χ2v) is 7.85. The van der Waals surface area contributed by atoms with Crippen LogP contribution < -0.4 is 5.32 Å². The molecule has 2 aliphatic rings. The van der Waals surface area contributed by atoms with Gasteiger partial charge in [-0.05, 0) is 60.9 Å². The molecule has 2 aliphatic heterocycles. The zero-order chi connectivity index (χ0) is 19.2. The molecule has 0 bridgehead atoms. The van der Waals surface area contributed by atoms with Crippen LogP contribution >= 0.6 is 0 Å². The Kier molecular flexibility index (Phi) is 6.03. The van der Waals surface area contributed by atoms with Crippen molar-refractivity contribution in [3.8, 4) is 11.1 Å². The molecule has 1 aromatic heterocycles. The monoisotopic (exact) mass is 380 g/mol. The average Bonchev–Trinajstić information content (AvgIpc) is 3.27. The number of carbonyl (C=O) groups excluding carboxylic acids is 1. The van der Waals surface area contributed by atoms with E-state index in [0.29, 0.717) is 19.8 Å². The summed E-state index contributed by atoms with van der Waals surface area (Å²) in [4.78, 5) is 17.3. The molecule has 148 valence electrons. The molecule has 2 saturated heterocycles. The summed E-state index contributed by atoms with van der Waals surface area (Å²) in [6, 6.07) is 12.5. The van der Waals surface area contributed by atoms with E-state index in [0.717, 1.165) is 49.8 Å². The van der Waals surface area contributed by atoms with Gasteiger partial charge < -0.3 is 14.8 Å². The zero-order valence-corrected chi connectivity index (χ0v) is 16.2. The van der Waals surface area contributed by atoms with Crippen molar-refractivity contribution in [1.82, 2.24) is 10.3 Å². The van der Waals surface area contributed by atoms with E-state index >= 15 is 0 Å². The van der Waals surface area contributed by atoms with Crippen molar-refractivity contribution in [2.24, 2.45) is 5.41 Å². The van der Waals surface area contributed by atoms with Crippen LogP contribution in [0.1, 0.15) is 31.2 Å². The molecular weight excluding hydrogens is 352 g/mol. The van der Waals surface area contributed by atoms with Gasteiger partial charge in [0.1, 0.15) is 0 Å². The Hall–Kier alpha value is -2.24. The molecule has 1 amide bonds. The molecule has 3 heterocycles. The molecule has 1 atom stereocenters. The molecule has 2 fully saturated rings. The van der Waals surface area contributed by atoms with Crippen molar-refractivity contribution in [2.45, 2.75) is 38.2 Å². The van der Waals surface area contributed by atoms with E-state index in [4.69, 9.17) is 9.47 Å². The van der Waals surface area contributed by atoms with Crippen LogP contribution in [-0.2, 0) is 20.7 Å². The molecule has 5 nitrogen and oxygen atoms in total. The van der Waals surface area contributed by atoms with Crippen LogP contribution in [0.4, 0.5) is 0 Å². The first-order valence-electron chi connectivity index (χ1n) is 10.2. The first-order valence-corrected chi connectivity index (χ1v) is 10.2. The minimum atomic E-state index is -0.409. The van der Waals surface area contributed by atoms with Crippen molar-refractivity contribution >= 4 is 5.91 Å². The van der Waals surface area contributed by atoms with E-state index < -0.39 is 5.41 Å². The number of benzene rings is 1. The first-order chi connectivity index (χ1) is 13.8. The maximum Gasteiger partial charge on any atom is 0.226 e. The van der Waals surface area contributed by atoms with Crippen molar-refractivity contribution in [3.63, 3.8) is 0 Å². The fourth-order valence-electron chi connectivity index (χ4n) is 4.24. The number of pyridine rings is 1. The standard InChI is InChI=1S/C23H28N2O3/c26-22(25-17-21-5-2-12-28-21)23(8-13-27-14-9-23)16-18-3-1-4-20(15-18)19-6-10-24-11-7-19/h1,3-4,6-7,10-11,15,21H,2,5,8-9,12-14,16-17H2,(H,25,26)/t21-/m0/s1. The molecule has 4 rings (SSSR count). The van der Waals surface area contributed by atoms with Gasteiger partial charge in [0.2, 0.25) is 5.91 Å². The number of hydrogen-bond acceptors (Lipinski definition) is 4. The highest BCUT2D eigenvalue weighted by Gasteiger charge is 2.40. The van der Waals surface area contributed by atoms with Crippen LogP contribution in [0.2, 0.25) is 0 Å². The Balaban J connectivity index is 1.50. The Bertz CT molecular complexity index is 781. The maximum absolute atomic E-state index is 13.2. The minimum absolute atomic E-state index is 0.139. The SMILES string of the molecule is O=C(NC[C@@H]1CCCO1)C1(Cc2cccc(-c3ccncc3)c2)CCOCC1. The molecule has 0 radical (unpaired) electrons. The Morgan fingerprint density at radius 3 is 2.68 bits per heavy atom. The second kappa shape index (κ2) is 8.84. The van der Waals surface area contributed by atoms with Gasteiger partial charge in [0.25, 0.3) is 0 Å². The van der Waals surface area contributed by atoms with Crippen LogP contribution in [0, 0.1) is 5.41 Å². The molecule has 0 unspecified atom stereocenters. The number of rotatable bonds is 6. The normalized spacial score (nSPS) is 21.4. The van der Waals surface area contributed by atoms with Gasteiger partial charge in [-0.25, -0.2) is 0 Å². The van der Waals surface area contributed by atoms with Crippen LogP contribution in [-0.4, -0.2) is 43.4 Å². The zero-order valence-electron chi connectivity index (χ0n) is 16.2. The van der Waals surface area contributed by atoms with Crippen molar-refractivity contribution in [3.05, 3.63) is 54.4 Å². The van der Waals surface area contributed by atoms with E-state index in [2.05, 4.69) is 34.6 Å². The van der Waals surface area contributed by atoms with E-state index in [1.54, 1.807) is 12.4 Å². The smallest absolute Gasteiger partial charge is 0.226 e. The van der Waals surface area contributed by atoms with E-state index in [-0.39, 0.29) is 12.0 Å². The van der Waals surface area contributed by atoms with Gasteiger partial charge in [-0.1, -0.05) is 24.3 Å². The third-order valence-corrected chi connectivity index (χ3v) is 5.93. The Labute approximate surface area is 166 Å². The number of nitrogens with one attached hydrogen (secondary N) is 1. The third kappa shape index (κ3) is 4.42. The van der Waals surface area contributed by atoms with E-state index in [9.17, 15) is 4.79 Å². The predicted molar refractivity (Wildman–Crippen MR) is 108 cm³/mol. The molecule has 5 heteroatoms. The highest BCUT2D eigenvalue weighted by Crippen LogP contribution is 2.35. The topological polar surface area (TPSA) is 60.5 Å². The predicted octanol–water partition coefficient (Wildman–Crippen LogP) is 3.38. The van der Waals surface area contributed by atoms with Crippen LogP contribution in [0.15, 0.2) is 48.8 Å². The molecule has 1 N–H and O–H groups in total. The van der Waals surface area contributed by atoms with Crippen LogP contribution in [0.5, 0.6) is 0 Å². The number of carbonyl (C=O) groups is 1. The summed E-state index contributed by atoms with van der Waals surface area (Å²) < 4.78 is 11.2.